The average molecular weight is 614 g/mol. The molecule has 4 aliphatic heterocycles. The molecule has 2 fully saturated rings. The standard InChI is InChI=1S/C32H43N3O9/c1-7-41-30(39)34-12-10-33(11-13-34)27(36)15-22-17-32(29(38)40-6)20(2)44-26(31(3,4)5)16-25(32)35(28(22)37)18-21-8-9-23-24(14-21)43-19-42-23/h8-9,14,16,20,22,26H,7,10-13,15,17-19H2,1-6H3/t20-,22+,26-,32+/m1/s1. The zero-order chi connectivity index (χ0) is 31.8. The van der Waals surface area contributed by atoms with Gasteiger partial charge in [-0.1, -0.05) is 26.8 Å². The fraction of sp³-hybridized carbons (Fsp3) is 0.625. The van der Waals surface area contributed by atoms with Crippen LogP contribution in [0.4, 0.5) is 4.79 Å². The lowest BCUT2D eigenvalue weighted by Gasteiger charge is -2.53. The van der Waals surface area contributed by atoms with Crippen LogP contribution in [0.25, 0.3) is 0 Å². The lowest BCUT2D eigenvalue weighted by molar-refractivity contribution is -0.180. The number of carbonyl (C=O) groups is 4. The molecular formula is C32H43N3O9. The van der Waals surface area contributed by atoms with E-state index in [9.17, 15) is 19.2 Å². The molecule has 1 aromatic rings. The van der Waals surface area contributed by atoms with Crippen molar-refractivity contribution in [3.8, 4) is 11.5 Å². The number of fused-ring (bicyclic) bond motifs is 2. The summed E-state index contributed by atoms with van der Waals surface area (Å²) in [5.74, 6) is -0.545. The highest BCUT2D eigenvalue weighted by Gasteiger charge is 2.60. The van der Waals surface area contributed by atoms with Gasteiger partial charge in [0.25, 0.3) is 0 Å². The van der Waals surface area contributed by atoms with Gasteiger partial charge in [-0.05, 0) is 49.5 Å². The lowest BCUT2D eigenvalue weighted by atomic mass is 9.65. The number of hydrogen-bond acceptors (Lipinski definition) is 9. The van der Waals surface area contributed by atoms with Gasteiger partial charge in [0, 0.05) is 44.2 Å². The number of rotatable bonds is 6. The molecule has 240 valence electrons. The molecule has 5 rings (SSSR count). The topological polar surface area (TPSA) is 124 Å². The van der Waals surface area contributed by atoms with Crippen LogP contribution in [-0.2, 0) is 35.1 Å². The first-order valence-corrected chi connectivity index (χ1v) is 15.2. The van der Waals surface area contributed by atoms with Gasteiger partial charge in [0.2, 0.25) is 18.6 Å². The van der Waals surface area contributed by atoms with Crippen LogP contribution in [0.5, 0.6) is 11.5 Å². The third-order valence-corrected chi connectivity index (χ3v) is 9.05. The number of amides is 3. The second-order valence-corrected chi connectivity index (χ2v) is 12.9. The molecule has 0 bridgehead atoms. The average Bonchev–Trinajstić information content (AvgIpc) is 3.47. The molecule has 12 heteroatoms. The van der Waals surface area contributed by atoms with Gasteiger partial charge < -0.3 is 38.4 Å². The van der Waals surface area contributed by atoms with Gasteiger partial charge in [-0.25, -0.2) is 4.79 Å². The minimum Gasteiger partial charge on any atom is -0.468 e. The number of nitrogens with zero attached hydrogens (tertiary/aromatic N) is 3. The first-order chi connectivity index (χ1) is 20.9. The molecule has 2 saturated heterocycles. The largest absolute Gasteiger partial charge is 0.468 e. The van der Waals surface area contributed by atoms with Gasteiger partial charge in [-0.15, -0.1) is 0 Å². The fourth-order valence-electron chi connectivity index (χ4n) is 6.52. The third kappa shape index (κ3) is 5.83. The zero-order valence-corrected chi connectivity index (χ0v) is 26.4. The molecule has 0 aromatic heterocycles. The predicted molar refractivity (Wildman–Crippen MR) is 157 cm³/mol. The van der Waals surface area contributed by atoms with E-state index in [2.05, 4.69) is 0 Å². The highest BCUT2D eigenvalue weighted by Crippen LogP contribution is 2.52. The molecule has 44 heavy (non-hydrogen) atoms. The van der Waals surface area contributed by atoms with Gasteiger partial charge in [0.1, 0.15) is 5.41 Å². The van der Waals surface area contributed by atoms with Crippen molar-refractivity contribution in [2.24, 2.45) is 16.7 Å². The van der Waals surface area contributed by atoms with E-state index in [1.165, 1.54) is 7.11 Å². The van der Waals surface area contributed by atoms with Gasteiger partial charge >= 0.3 is 12.1 Å². The van der Waals surface area contributed by atoms with Crippen molar-refractivity contribution in [1.29, 1.82) is 0 Å². The third-order valence-electron chi connectivity index (χ3n) is 9.05. The van der Waals surface area contributed by atoms with Crippen LogP contribution in [0.3, 0.4) is 0 Å². The maximum atomic E-state index is 14.4. The predicted octanol–water partition coefficient (Wildman–Crippen LogP) is 3.33. The minimum absolute atomic E-state index is 0.0779. The van der Waals surface area contributed by atoms with E-state index in [0.29, 0.717) is 43.4 Å². The monoisotopic (exact) mass is 613 g/mol. The quantitative estimate of drug-likeness (QED) is 0.445. The number of piperidine rings is 1. The number of hydrogen-bond donors (Lipinski definition) is 0. The Morgan fingerprint density at radius 2 is 1.73 bits per heavy atom. The molecule has 0 unspecified atom stereocenters. The normalized spacial score (nSPS) is 26.6. The van der Waals surface area contributed by atoms with Gasteiger partial charge in [0.05, 0.1) is 32.5 Å². The van der Waals surface area contributed by atoms with Gasteiger partial charge in [-0.2, -0.15) is 0 Å². The number of piperazine rings is 1. The van der Waals surface area contributed by atoms with Crippen LogP contribution in [0, 0.1) is 16.7 Å². The molecule has 12 nitrogen and oxygen atoms in total. The Morgan fingerprint density at radius 3 is 2.39 bits per heavy atom. The number of ether oxygens (including phenoxy) is 5. The molecule has 0 spiro atoms. The molecule has 0 aliphatic carbocycles. The van der Waals surface area contributed by atoms with E-state index in [4.69, 9.17) is 23.7 Å². The summed E-state index contributed by atoms with van der Waals surface area (Å²) in [7, 11) is 1.33. The maximum absolute atomic E-state index is 14.4. The summed E-state index contributed by atoms with van der Waals surface area (Å²) in [6.07, 6.45) is 0.476. The number of methoxy groups -OCH3 is 1. The summed E-state index contributed by atoms with van der Waals surface area (Å²) in [4.78, 5) is 58.7. The summed E-state index contributed by atoms with van der Waals surface area (Å²) < 4.78 is 28.0. The van der Waals surface area contributed by atoms with Crippen LogP contribution < -0.4 is 9.47 Å². The number of likely N-dealkylation sites (tertiary alicyclic amines) is 1. The van der Waals surface area contributed by atoms with E-state index >= 15 is 0 Å². The summed E-state index contributed by atoms with van der Waals surface area (Å²) >= 11 is 0. The molecule has 4 atom stereocenters. The van der Waals surface area contributed by atoms with E-state index in [0.717, 1.165) is 5.56 Å². The van der Waals surface area contributed by atoms with Gasteiger partial charge in [-0.3, -0.25) is 14.4 Å². The number of benzene rings is 1. The smallest absolute Gasteiger partial charge is 0.409 e. The maximum Gasteiger partial charge on any atom is 0.409 e. The van der Waals surface area contributed by atoms with E-state index in [1.54, 1.807) is 27.7 Å². The summed E-state index contributed by atoms with van der Waals surface area (Å²) in [5, 5.41) is 0. The first kappa shape index (κ1) is 31.6. The molecule has 3 amide bonds. The van der Waals surface area contributed by atoms with Crippen molar-refractivity contribution < 1.29 is 42.9 Å². The van der Waals surface area contributed by atoms with Crippen molar-refractivity contribution in [2.45, 2.75) is 66.2 Å². The van der Waals surface area contributed by atoms with Crippen LogP contribution >= 0.6 is 0 Å². The lowest BCUT2D eigenvalue weighted by Crippen LogP contribution is -2.61. The Hall–Kier alpha value is -3.80. The summed E-state index contributed by atoms with van der Waals surface area (Å²) in [6, 6.07) is 5.50. The number of esters is 1. The fourth-order valence-corrected chi connectivity index (χ4v) is 6.52. The Bertz CT molecular complexity index is 1330. The van der Waals surface area contributed by atoms with Crippen LogP contribution in [-0.4, -0.2) is 97.5 Å². The van der Waals surface area contributed by atoms with Crippen molar-refractivity contribution in [3.63, 3.8) is 0 Å². The zero-order valence-electron chi connectivity index (χ0n) is 26.4. The van der Waals surface area contributed by atoms with Crippen molar-refractivity contribution in [3.05, 3.63) is 35.5 Å². The molecule has 0 saturated carbocycles. The second-order valence-electron chi connectivity index (χ2n) is 12.9. The molecule has 0 radical (unpaired) electrons. The van der Waals surface area contributed by atoms with Crippen molar-refractivity contribution in [1.82, 2.24) is 14.7 Å². The van der Waals surface area contributed by atoms with Crippen LogP contribution in [0.1, 0.15) is 53.0 Å². The first-order valence-electron chi connectivity index (χ1n) is 15.2. The molecule has 1 aromatic carbocycles. The van der Waals surface area contributed by atoms with E-state index in [1.807, 2.05) is 45.9 Å². The molecule has 4 heterocycles. The molecule has 4 aliphatic rings. The van der Waals surface area contributed by atoms with E-state index in [-0.39, 0.29) is 56.1 Å². The summed E-state index contributed by atoms with van der Waals surface area (Å²) in [5.41, 5.74) is -0.280. The van der Waals surface area contributed by atoms with Crippen LogP contribution in [0.2, 0.25) is 0 Å². The molecule has 0 N–H and O–H groups in total. The Balaban J connectivity index is 1.47. The SMILES string of the molecule is CCOC(=O)N1CCN(C(=O)C[C@H]2C[C@@]3(C(=O)OC)C(=C[C@H](C(C)(C)C)O[C@@H]3C)N(Cc3ccc4c(c3)OCO4)C2=O)CC1. The molecular weight excluding hydrogens is 570 g/mol. The van der Waals surface area contributed by atoms with Crippen molar-refractivity contribution in [2.75, 3.05) is 46.7 Å². The Labute approximate surface area is 258 Å². The highest BCUT2D eigenvalue weighted by molar-refractivity contribution is 5.93. The number of carbonyl (C=O) groups excluding carboxylic acids is 4. The Kier molecular flexibility index (Phi) is 8.84. The van der Waals surface area contributed by atoms with Crippen molar-refractivity contribution >= 4 is 23.9 Å². The van der Waals surface area contributed by atoms with E-state index < -0.39 is 29.5 Å². The second kappa shape index (κ2) is 12.3. The highest BCUT2D eigenvalue weighted by atomic mass is 16.7. The van der Waals surface area contributed by atoms with Crippen LogP contribution in [0.15, 0.2) is 30.0 Å². The van der Waals surface area contributed by atoms with Gasteiger partial charge in [0.15, 0.2) is 11.5 Å². The minimum atomic E-state index is -1.30. The summed E-state index contributed by atoms with van der Waals surface area (Å²) in [6.45, 7) is 11.6. The Morgan fingerprint density at radius 1 is 1.05 bits per heavy atom.